The van der Waals surface area contributed by atoms with Crippen molar-refractivity contribution in [3.8, 4) is 11.1 Å². The molecule has 1 N–H and O–H groups in total. The number of Topliss-reactive ketones (excluding diaryl/α,β-unsaturated/α-hetero) is 1. The monoisotopic (exact) mass is 443 g/mol. The largest absolute Gasteiger partial charge is 0.449 e. The highest BCUT2D eigenvalue weighted by atomic mass is 79.9. The highest BCUT2D eigenvalue weighted by molar-refractivity contribution is 9.19. The van der Waals surface area contributed by atoms with E-state index in [0.717, 1.165) is 22.3 Å². The van der Waals surface area contributed by atoms with Gasteiger partial charge in [-0.1, -0.05) is 62.4 Å². The van der Waals surface area contributed by atoms with E-state index < -0.39 is 22.6 Å². The minimum Gasteiger partial charge on any atom is -0.449 e. The van der Waals surface area contributed by atoms with Crippen molar-refractivity contribution in [2.45, 2.75) is 32.2 Å². The molecule has 0 unspecified atom stereocenters. The number of amides is 1. The van der Waals surface area contributed by atoms with Crippen LogP contribution in [0.3, 0.4) is 0 Å². The lowest BCUT2D eigenvalue weighted by Crippen LogP contribution is -2.44. The molecule has 1 amide bonds. The summed E-state index contributed by atoms with van der Waals surface area (Å²) >= 11 is 2.67. The number of carbonyl (C=O) groups is 3. The topological polar surface area (TPSA) is 72.5 Å². The van der Waals surface area contributed by atoms with Crippen LogP contribution in [-0.4, -0.2) is 29.2 Å². The number of hydrogen-bond acceptors (Lipinski definition) is 4. The van der Waals surface area contributed by atoms with Crippen molar-refractivity contribution in [2.24, 2.45) is 5.92 Å². The Hall–Kier alpha value is -2.47. The molecule has 2 aromatic rings. The molecule has 0 aliphatic heterocycles. The van der Waals surface area contributed by atoms with Gasteiger partial charge in [0.1, 0.15) is 6.61 Å². The third-order valence-corrected chi connectivity index (χ3v) is 5.24. The van der Waals surface area contributed by atoms with Crippen molar-refractivity contribution in [2.75, 3.05) is 6.61 Å². The lowest BCUT2D eigenvalue weighted by atomic mass is 9.98. The molecule has 1 aliphatic carbocycles. The van der Waals surface area contributed by atoms with Gasteiger partial charge in [-0.15, -0.1) is 0 Å². The Kier molecular flexibility index (Phi) is 6.29. The Morgan fingerprint density at radius 2 is 1.54 bits per heavy atom. The second-order valence-corrected chi connectivity index (χ2v) is 8.01. The SMILES string of the molecule is CC(C)C[C@H](NC(=O)OCC1c2ccccc2-c2ccccc21)C(=O)C(=O)Br. The number of fused-ring (bicyclic) bond motifs is 3. The Morgan fingerprint density at radius 1 is 1.00 bits per heavy atom. The molecule has 0 spiro atoms. The number of benzene rings is 2. The third-order valence-electron chi connectivity index (χ3n) is 4.85. The van der Waals surface area contributed by atoms with Gasteiger partial charge in [0.05, 0.1) is 6.04 Å². The second-order valence-electron chi connectivity index (χ2n) is 7.29. The number of alkyl carbamates (subject to hydrolysis) is 1. The number of hydrogen-bond donors (Lipinski definition) is 1. The summed E-state index contributed by atoms with van der Waals surface area (Å²) in [7, 11) is 0. The van der Waals surface area contributed by atoms with Crippen LogP contribution in [0.5, 0.6) is 0 Å². The number of ether oxygens (including phenoxy) is 1. The van der Waals surface area contributed by atoms with Crippen molar-refractivity contribution < 1.29 is 19.1 Å². The van der Waals surface area contributed by atoms with E-state index in [-0.39, 0.29) is 18.4 Å². The first kappa shape index (κ1) is 20.3. The summed E-state index contributed by atoms with van der Waals surface area (Å²) in [6.07, 6.45) is -0.338. The van der Waals surface area contributed by atoms with Crippen LogP contribution in [0.15, 0.2) is 48.5 Å². The molecule has 146 valence electrons. The molecule has 2 aromatic carbocycles. The van der Waals surface area contributed by atoms with Crippen LogP contribution in [0.2, 0.25) is 0 Å². The number of rotatable bonds is 7. The van der Waals surface area contributed by atoms with E-state index in [1.54, 1.807) is 0 Å². The minimum absolute atomic E-state index is 0.0600. The van der Waals surface area contributed by atoms with Gasteiger partial charge in [0.2, 0.25) is 5.78 Å². The zero-order chi connectivity index (χ0) is 20.3. The molecule has 5 nitrogen and oxygen atoms in total. The average molecular weight is 444 g/mol. The van der Waals surface area contributed by atoms with Gasteiger partial charge in [-0.2, -0.15) is 0 Å². The molecule has 0 heterocycles. The average Bonchev–Trinajstić information content (AvgIpc) is 2.99. The molecule has 0 radical (unpaired) electrons. The highest BCUT2D eigenvalue weighted by Crippen LogP contribution is 2.44. The van der Waals surface area contributed by atoms with Crippen molar-refractivity contribution in [1.82, 2.24) is 5.32 Å². The molecule has 1 atom stereocenters. The summed E-state index contributed by atoms with van der Waals surface area (Å²) in [4.78, 5) is 35.7. The molecule has 3 rings (SSSR count). The smallest absolute Gasteiger partial charge is 0.407 e. The van der Waals surface area contributed by atoms with Gasteiger partial charge in [0.15, 0.2) is 0 Å². The van der Waals surface area contributed by atoms with E-state index in [0.29, 0.717) is 6.42 Å². The lowest BCUT2D eigenvalue weighted by Gasteiger charge is -2.19. The third kappa shape index (κ3) is 4.33. The molecule has 28 heavy (non-hydrogen) atoms. The summed E-state index contributed by atoms with van der Waals surface area (Å²) < 4.78 is 4.70. The number of ketones is 1. The van der Waals surface area contributed by atoms with E-state index in [4.69, 9.17) is 4.74 Å². The van der Waals surface area contributed by atoms with Crippen LogP contribution in [0.25, 0.3) is 11.1 Å². The summed E-state index contributed by atoms with van der Waals surface area (Å²) in [5, 5.41) is 2.54. The van der Waals surface area contributed by atoms with Crippen molar-refractivity contribution in [3.05, 3.63) is 59.7 Å². The summed E-state index contributed by atoms with van der Waals surface area (Å²) in [6, 6.07) is 15.2. The van der Waals surface area contributed by atoms with E-state index in [1.165, 1.54) is 0 Å². The summed E-state index contributed by atoms with van der Waals surface area (Å²) in [5.41, 5.74) is 4.51. The Morgan fingerprint density at radius 3 is 2.04 bits per heavy atom. The molecule has 0 bridgehead atoms. The lowest BCUT2D eigenvalue weighted by molar-refractivity contribution is -0.132. The van der Waals surface area contributed by atoms with Gasteiger partial charge in [-0.05, 0) is 34.6 Å². The first-order valence-electron chi connectivity index (χ1n) is 9.23. The molecule has 0 saturated carbocycles. The molecule has 0 aromatic heterocycles. The van der Waals surface area contributed by atoms with Crippen molar-refractivity contribution in [3.63, 3.8) is 0 Å². The number of carbonyl (C=O) groups excluding carboxylic acids is 3. The van der Waals surface area contributed by atoms with Crippen LogP contribution >= 0.6 is 15.9 Å². The van der Waals surface area contributed by atoms with Gasteiger partial charge in [0, 0.05) is 21.8 Å². The van der Waals surface area contributed by atoms with Gasteiger partial charge in [0.25, 0.3) is 4.69 Å². The maximum atomic E-state index is 12.3. The van der Waals surface area contributed by atoms with E-state index in [1.807, 2.05) is 50.2 Å². The van der Waals surface area contributed by atoms with E-state index in [2.05, 4.69) is 33.4 Å². The molecule has 1 aliphatic rings. The second kappa shape index (κ2) is 8.69. The van der Waals surface area contributed by atoms with Gasteiger partial charge < -0.3 is 10.1 Å². The van der Waals surface area contributed by atoms with E-state index >= 15 is 0 Å². The van der Waals surface area contributed by atoms with Gasteiger partial charge in [-0.25, -0.2) is 4.79 Å². The molecule has 0 saturated heterocycles. The fraction of sp³-hybridized carbons (Fsp3) is 0.318. The number of halogens is 1. The first-order valence-corrected chi connectivity index (χ1v) is 10.0. The highest BCUT2D eigenvalue weighted by Gasteiger charge is 2.30. The predicted octanol–water partition coefficient (Wildman–Crippen LogP) is 4.43. The Labute approximate surface area is 172 Å². The zero-order valence-electron chi connectivity index (χ0n) is 15.8. The van der Waals surface area contributed by atoms with Gasteiger partial charge in [-0.3, -0.25) is 9.59 Å². The molecule has 0 fully saturated rings. The van der Waals surface area contributed by atoms with Crippen LogP contribution in [-0.2, 0) is 14.3 Å². The molecule has 6 heteroatoms. The predicted molar refractivity (Wildman–Crippen MR) is 110 cm³/mol. The standard InChI is InChI=1S/C22H22BrNO4/c1-13(2)11-19(20(25)21(23)26)24-22(27)28-12-18-16-9-5-3-7-14(16)15-8-4-6-10-17(15)18/h3-10,13,18-19H,11-12H2,1-2H3,(H,24,27)/t19-/m0/s1. The van der Waals surface area contributed by atoms with Crippen molar-refractivity contribution in [1.29, 1.82) is 0 Å². The van der Waals surface area contributed by atoms with Crippen LogP contribution in [0.1, 0.15) is 37.3 Å². The van der Waals surface area contributed by atoms with Crippen LogP contribution in [0, 0.1) is 5.92 Å². The Balaban J connectivity index is 1.70. The van der Waals surface area contributed by atoms with Crippen LogP contribution < -0.4 is 5.32 Å². The van der Waals surface area contributed by atoms with Gasteiger partial charge >= 0.3 is 6.09 Å². The fourth-order valence-electron chi connectivity index (χ4n) is 3.62. The van der Waals surface area contributed by atoms with E-state index in [9.17, 15) is 14.4 Å². The fourth-order valence-corrected chi connectivity index (χ4v) is 3.90. The molecular weight excluding hydrogens is 422 g/mol. The Bertz CT molecular complexity index is 863. The number of nitrogens with one attached hydrogen (secondary N) is 1. The first-order chi connectivity index (χ1) is 13.4. The normalized spacial score (nSPS) is 13.6. The zero-order valence-corrected chi connectivity index (χ0v) is 17.4. The van der Waals surface area contributed by atoms with Crippen LogP contribution in [0.4, 0.5) is 4.79 Å². The maximum Gasteiger partial charge on any atom is 0.407 e. The van der Waals surface area contributed by atoms with Crippen molar-refractivity contribution >= 4 is 32.5 Å². The summed E-state index contributed by atoms with van der Waals surface area (Å²) in [5.74, 6) is -0.605. The minimum atomic E-state index is -0.900. The quantitative estimate of drug-likeness (QED) is 0.507. The molecular formula is C22H22BrNO4. The summed E-state index contributed by atoms with van der Waals surface area (Å²) in [6.45, 7) is 3.99. The maximum absolute atomic E-state index is 12.3.